The minimum atomic E-state index is -0.0992. The molecule has 1 unspecified atom stereocenters. The van der Waals surface area contributed by atoms with Gasteiger partial charge < -0.3 is 5.32 Å². The molecule has 2 rings (SSSR count). The van der Waals surface area contributed by atoms with Crippen molar-refractivity contribution in [3.05, 3.63) is 35.1 Å². The van der Waals surface area contributed by atoms with Crippen molar-refractivity contribution in [3.63, 3.8) is 0 Å². The van der Waals surface area contributed by atoms with Crippen molar-refractivity contribution in [2.45, 2.75) is 52.1 Å². The van der Waals surface area contributed by atoms with E-state index in [9.17, 15) is 4.39 Å². The van der Waals surface area contributed by atoms with Crippen LogP contribution in [0.2, 0.25) is 0 Å². The van der Waals surface area contributed by atoms with Gasteiger partial charge in [-0.3, -0.25) is 0 Å². The van der Waals surface area contributed by atoms with E-state index in [1.807, 2.05) is 12.1 Å². The maximum atomic E-state index is 13.4. The number of hydrogen-bond acceptors (Lipinski definition) is 1. The Hall–Kier alpha value is -0.890. The summed E-state index contributed by atoms with van der Waals surface area (Å²) in [6.07, 6.45) is 5.43. The number of nitrogens with one attached hydrogen (secondary N) is 1. The highest BCUT2D eigenvalue weighted by atomic mass is 19.1. The summed E-state index contributed by atoms with van der Waals surface area (Å²) in [4.78, 5) is 0. The largest absolute Gasteiger partial charge is 0.310 e. The zero-order valence-corrected chi connectivity index (χ0v) is 10.8. The molecule has 1 aliphatic rings. The molecule has 0 amide bonds. The van der Waals surface area contributed by atoms with Crippen LogP contribution in [-0.4, -0.2) is 6.04 Å². The van der Waals surface area contributed by atoms with E-state index in [0.29, 0.717) is 6.04 Å². The third kappa shape index (κ3) is 3.29. The van der Waals surface area contributed by atoms with E-state index >= 15 is 0 Å². The molecule has 1 saturated carbocycles. The fourth-order valence-electron chi connectivity index (χ4n) is 2.65. The standard InChI is InChI=1S/C15H22FN/c1-11-7-8-13(9-15(11)16)10-17-12(2)14-5-3-4-6-14/h7-9,12,14,17H,3-6,10H2,1-2H3. The Kier molecular flexibility index (Phi) is 4.16. The molecule has 2 heteroatoms. The second-order valence-corrected chi connectivity index (χ2v) is 5.30. The molecule has 1 aromatic carbocycles. The first kappa shape index (κ1) is 12.6. The predicted molar refractivity (Wildman–Crippen MR) is 69.4 cm³/mol. The molecule has 0 aromatic heterocycles. The van der Waals surface area contributed by atoms with Gasteiger partial charge in [-0.15, -0.1) is 0 Å². The normalized spacial score (nSPS) is 18.5. The first-order valence-corrected chi connectivity index (χ1v) is 6.65. The van der Waals surface area contributed by atoms with Crippen LogP contribution in [0.25, 0.3) is 0 Å². The summed E-state index contributed by atoms with van der Waals surface area (Å²) in [6.45, 7) is 4.82. The average molecular weight is 235 g/mol. The van der Waals surface area contributed by atoms with Crippen LogP contribution in [0.5, 0.6) is 0 Å². The molecule has 0 saturated heterocycles. The lowest BCUT2D eigenvalue weighted by atomic mass is 9.99. The van der Waals surface area contributed by atoms with Gasteiger partial charge in [0, 0.05) is 12.6 Å². The molecule has 0 radical (unpaired) electrons. The van der Waals surface area contributed by atoms with Gasteiger partial charge in [-0.25, -0.2) is 4.39 Å². The zero-order chi connectivity index (χ0) is 12.3. The van der Waals surface area contributed by atoms with Crippen LogP contribution in [-0.2, 0) is 6.54 Å². The molecule has 0 bridgehead atoms. The van der Waals surface area contributed by atoms with Crippen LogP contribution >= 0.6 is 0 Å². The molecule has 94 valence electrons. The molecule has 17 heavy (non-hydrogen) atoms. The molecule has 0 spiro atoms. The summed E-state index contributed by atoms with van der Waals surface area (Å²) in [5.41, 5.74) is 1.76. The number of halogens is 1. The SMILES string of the molecule is Cc1ccc(CNC(C)C2CCCC2)cc1F. The van der Waals surface area contributed by atoms with E-state index in [0.717, 1.165) is 23.6 Å². The van der Waals surface area contributed by atoms with Gasteiger partial charge in [0.05, 0.1) is 0 Å². The van der Waals surface area contributed by atoms with E-state index in [1.54, 1.807) is 13.0 Å². The summed E-state index contributed by atoms with van der Waals surface area (Å²) >= 11 is 0. The summed E-state index contributed by atoms with van der Waals surface area (Å²) in [5, 5.41) is 3.52. The quantitative estimate of drug-likeness (QED) is 0.837. The molecular formula is C15H22FN. The Labute approximate surface area is 103 Å². The Morgan fingerprint density at radius 3 is 2.71 bits per heavy atom. The summed E-state index contributed by atoms with van der Waals surface area (Å²) in [5.74, 6) is 0.711. The topological polar surface area (TPSA) is 12.0 Å². The summed E-state index contributed by atoms with van der Waals surface area (Å²) in [7, 11) is 0. The Balaban J connectivity index is 1.86. The number of hydrogen-bond donors (Lipinski definition) is 1. The van der Waals surface area contributed by atoms with E-state index in [2.05, 4.69) is 12.2 Å². The number of benzene rings is 1. The van der Waals surface area contributed by atoms with Gasteiger partial charge in [0.1, 0.15) is 5.82 Å². The molecule has 0 heterocycles. The van der Waals surface area contributed by atoms with Crippen LogP contribution < -0.4 is 5.32 Å². The zero-order valence-electron chi connectivity index (χ0n) is 10.8. The minimum Gasteiger partial charge on any atom is -0.310 e. The molecule has 1 aliphatic carbocycles. The van der Waals surface area contributed by atoms with Crippen LogP contribution in [0.4, 0.5) is 4.39 Å². The molecule has 0 aliphatic heterocycles. The maximum absolute atomic E-state index is 13.4. The van der Waals surface area contributed by atoms with Crippen molar-refractivity contribution in [2.75, 3.05) is 0 Å². The van der Waals surface area contributed by atoms with Gasteiger partial charge in [-0.05, 0) is 49.8 Å². The van der Waals surface area contributed by atoms with Crippen molar-refractivity contribution in [1.29, 1.82) is 0 Å². The van der Waals surface area contributed by atoms with Gasteiger partial charge >= 0.3 is 0 Å². The van der Waals surface area contributed by atoms with E-state index in [1.165, 1.54) is 25.7 Å². The highest BCUT2D eigenvalue weighted by Gasteiger charge is 2.20. The predicted octanol–water partition coefficient (Wildman–Crippen LogP) is 3.80. The van der Waals surface area contributed by atoms with Crippen LogP contribution in [0.1, 0.15) is 43.7 Å². The first-order chi connectivity index (χ1) is 8.16. The summed E-state index contributed by atoms with van der Waals surface area (Å²) < 4.78 is 13.4. The number of aryl methyl sites for hydroxylation is 1. The van der Waals surface area contributed by atoms with Gasteiger partial charge in [0.15, 0.2) is 0 Å². The van der Waals surface area contributed by atoms with Crippen molar-refractivity contribution < 1.29 is 4.39 Å². The second kappa shape index (κ2) is 5.63. The number of rotatable bonds is 4. The van der Waals surface area contributed by atoms with Crippen LogP contribution in [0, 0.1) is 18.7 Å². The average Bonchev–Trinajstić information content (AvgIpc) is 2.84. The third-order valence-electron chi connectivity index (χ3n) is 3.97. The Morgan fingerprint density at radius 1 is 1.35 bits per heavy atom. The maximum Gasteiger partial charge on any atom is 0.126 e. The molecule has 1 N–H and O–H groups in total. The van der Waals surface area contributed by atoms with Crippen molar-refractivity contribution >= 4 is 0 Å². The fraction of sp³-hybridized carbons (Fsp3) is 0.600. The highest BCUT2D eigenvalue weighted by Crippen LogP contribution is 2.27. The molecule has 1 aromatic rings. The van der Waals surface area contributed by atoms with E-state index in [4.69, 9.17) is 0 Å². The van der Waals surface area contributed by atoms with Crippen molar-refractivity contribution in [3.8, 4) is 0 Å². The lowest BCUT2D eigenvalue weighted by Gasteiger charge is -2.20. The van der Waals surface area contributed by atoms with Crippen LogP contribution in [0.3, 0.4) is 0 Å². The lowest BCUT2D eigenvalue weighted by molar-refractivity contribution is 0.380. The van der Waals surface area contributed by atoms with Gasteiger partial charge in [-0.1, -0.05) is 25.0 Å². The van der Waals surface area contributed by atoms with Gasteiger partial charge in [0.25, 0.3) is 0 Å². The Morgan fingerprint density at radius 2 is 2.06 bits per heavy atom. The first-order valence-electron chi connectivity index (χ1n) is 6.65. The van der Waals surface area contributed by atoms with E-state index < -0.39 is 0 Å². The summed E-state index contributed by atoms with van der Waals surface area (Å²) in [6, 6.07) is 6.05. The monoisotopic (exact) mass is 235 g/mol. The van der Waals surface area contributed by atoms with Crippen LogP contribution in [0.15, 0.2) is 18.2 Å². The van der Waals surface area contributed by atoms with Crippen molar-refractivity contribution in [1.82, 2.24) is 5.32 Å². The fourth-order valence-corrected chi connectivity index (χ4v) is 2.65. The van der Waals surface area contributed by atoms with Gasteiger partial charge in [0.2, 0.25) is 0 Å². The van der Waals surface area contributed by atoms with Gasteiger partial charge in [-0.2, -0.15) is 0 Å². The smallest absolute Gasteiger partial charge is 0.126 e. The third-order valence-corrected chi connectivity index (χ3v) is 3.97. The Bertz CT molecular complexity index is 369. The van der Waals surface area contributed by atoms with E-state index in [-0.39, 0.29) is 5.82 Å². The van der Waals surface area contributed by atoms with Crippen molar-refractivity contribution in [2.24, 2.45) is 5.92 Å². The molecule has 1 nitrogen and oxygen atoms in total. The molecule has 1 fully saturated rings. The lowest BCUT2D eigenvalue weighted by Crippen LogP contribution is -2.31. The molecule has 1 atom stereocenters. The minimum absolute atomic E-state index is 0.0992. The highest BCUT2D eigenvalue weighted by molar-refractivity contribution is 5.23. The second-order valence-electron chi connectivity index (χ2n) is 5.30. The molecular weight excluding hydrogens is 213 g/mol.